The van der Waals surface area contributed by atoms with Gasteiger partial charge in [-0.25, -0.2) is 0 Å². The molecule has 0 bridgehead atoms. The standard InChI is InChI=1S/C2F6Se2Te/c3-1(4,5)9-11-10-2(6,7)8. The third kappa shape index (κ3) is 11.4. The molecule has 0 rings (SSSR count). The number of alkyl halides is 6. The Hall–Kier alpha value is 1.41. The summed E-state index contributed by atoms with van der Waals surface area (Å²) >= 11 is -5.33. The summed E-state index contributed by atoms with van der Waals surface area (Å²) in [5.74, 6) is 0. The molecule has 0 unspecified atom stereocenters. The van der Waals surface area contributed by atoms with Gasteiger partial charge in [-0.3, -0.25) is 0 Å². The Kier molecular flexibility index (Phi) is 5.18. The van der Waals surface area contributed by atoms with E-state index in [1.807, 2.05) is 0 Å². The van der Waals surface area contributed by atoms with Gasteiger partial charge in [-0.05, 0) is 0 Å². The summed E-state index contributed by atoms with van der Waals surface area (Å²) in [5.41, 5.74) is 0. The Morgan fingerprint density at radius 1 is 0.727 bits per heavy atom. The van der Waals surface area contributed by atoms with Crippen LogP contribution in [0.4, 0.5) is 26.3 Å². The van der Waals surface area contributed by atoms with Crippen molar-refractivity contribution in [1.29, 1.82) is 0 Å². The zero-order chi connectivity index (χ0) is 9.12. The topological polar surface area (TPSA) is 0 Å². The Balaban J connectivity index is 3.44. The molecule has 0 aromatic carbocycles. The van der Waals surface area contributed by atoms with Crippen molar-refractivity contribution in [2.75, 3.05) is 0 Å². The monoisotopic (exact) mass is 428 g/mol. The van der Waals surface area contributed by atoms with E-state index in [2.05, 4.69) is 0 Å². The van der Waals surface area contributed by atoms with Gasteiger partial charge in [0.25, 0.3) is 0 Å². The van der Waals surface area contributed by atoms with Crippen LogP contribution in [-0.2, 0) is 0 Å². The van der Waals surface area contributed by atoms with Gasteiger partial charge >= 0.3 is 76.5 Å². The molecule has 0 saturated carbocycles. The van der Waals surface area contributed by atoms with Crippen LogP contribution in [0.1, 0.15) is 0 Å². The summed E-state index contributed by atoms with van der Waals surface area (Å²) in [4.78, 5) is 0. The third-order valence-corrected chi connectivity index (χ3v) is 18.9. The van der Waals surface area contributed by atoms with E-state index in [0.717, 1.165) is 0 Å². The quantitative estimate of drug-likeness (QED) is 0.459. The number of hydrogen-bond acceptors (Lipinski definition) is 0. The first-order valence-electron chi connectivity index (χ1n) is 1.88. The van der Waals surface area contributed by atoms with Crippen molar-refractivity contribution in [2.45, 2.75) is 10.1 Å². The predicted molar refractivity (Wildman–Crippen MR) is 29.4 cm³/mol. The van der Waals surface area contributed by atoms with Crippen LogP contribution in [0.5, 0.6) is 0 Å². The van der Waals surface area contributed by atoms with Crippen molar-refractivity contribution in [3.05, 3.63) is 0 Å². The first-order chi connectivity index (χ1) is 4.71. The van der Waals surface area contributed by atoms with Gasteiger partial charge in [0.05, 0.1) is 0 Å². The Morgan fingerprint density at radius 3 is 1.18 bits per heavy atom. The Morgan fingerprint density at radius 2 is 1.00 bits per heavy atom. The van der Waals surface area contributed by atoms with Crippen LogP contribution in [0.25, 0.3) is 0 Å². The average Bonchev–Trinajstić information content (AvgIpc) is 1.55. The molecule has 0 spiro atoms. The van der Waals surface area contributed by atoms with Crippen LogP contribution in [0.15, 0.2) is 0 Å². The molecule has 0 heterocycles. The molecule has 0 atom stereocenters. The van der Waals surface area contributed by atoms with E-state index < -0.39 is 50.2 Å². The van der Waals surface area contributed by atoms with Gasteiger partial charge in [0.1, 0.15) is 0 Å². The van der Waals surface area contributed by atoms with Crippen LogP contribution in [0.2, 0.25) is 0 Å². The van der Waals surface area contributed by atoms with Crippen molar-refractivity contribution in [2.24, 2.45) is 0 Å². The maximum absolute atomic E-state index is 11.3. The number of rotatable bonds is 2. The van der Waals surface area contributed by atoms with Crippen molar-refractivity contribution in [3.8, 4) is 0 Å². The van der Waals surface area contributed by atoms with E-state index in [4.69, 9.17) is 0 Å². The molecule has 0 aliphatic heterocycles. The Labute approximate surface area is 76.1 Å². The predicted octanol–water partition coefficient (Wildman–Crippen LogP) is 0.969. The molecular formula is C2F6Se2Te. The van der Waals surface area contributed by atoms with Gasteiger partial charge in [-0.2, -0.15) is 0 Å². The average molecular weight is 424 g/mol. The van der Waals surface area contributed by atoms with Gasteiger partial charge < -0.3 is 0 Å². The number of hydrogen-bond donors (Lipinski definition) is 0. The zero-order valence-corrected chi connectivity index (χ0v) is 10.2. The van der Waals surface area contributed by atoms with Crippen molar-refractivity contribution in [1.82, 2.24) is 0 Å². The SMILES string of the molecule is FC(F)(F)[Se][Te][Se]C(F)(F)F. The second-order valence-corrected chi connectivity index (χ2v) is 21.0. The fourth-order valence-corrected chi connectivity index (χ4v) is 17.1. The fourth-order valence-electron chi connectivity index (χ4n) is 0.0942. The zero-order valence-electron chi connectivity index (χ0n) is 4.49. The molecule has 0 radical (unpaired) electrons. The Bertz CT molecular complexity index is 103. The molecule has 0 aromatic heterocycles. The minimum atomic E-state index is -4.34. The molecule has 68 valence electrons. The molecule has 11 heavy (non-hydrogen) atoms. The molecule has 0 N–H and O–H groups in total. The molecule has 0 nitrogen and oxygen atoms in total. The second-order valence-electron chi connectivity index (χ2n) is 1.13. The van der Waals surface area contributed by atoms with E-state index >= 15 is 0 Å². The molecule has 9 heteroatoms. The van der Waals surface area contributed by atoms with Crippen molar-refractivity contribution in [3.63, 3.8) is 0 Å². The van der Waals surface area contributed by atoms with Gasteiger partial charge in [-0.1, -0.05) is 0 Å². The summed E-state index contributed by atoms with van der Waals surface area (Å²) in [5, 5.41) is -8.69. The van der Waals surface area contributed by atoms with Gasteiger partial charge in [0, 0.05) is 0 Å². The van der Waals surface area contributed by atoms with Gasteiger partial charge in [0.15, 0.2) is 0 Å². The van der Waals surface area contributed by atoms with Crippen LogP contribution in [-0.4, -0.2) is 50.2 Å². The van der Waals surface area contributed by atoms with E-state index in [0.29, 0.717) is 0 Å². The molecule has 0 aromatic rings. The van der Waals surface area contributed by atoms with Crippen LogP contribution >= 0.6 is 0 Å². The van der Waals surface area contributed by atoms with E-state index in [1.165, 1.54) is 0 Å². The molecule has 0 amide bonds. The summed E-state index contributed by atoms with van der Waals surface area (Å²) in [6.45, 7) is 0. The summed E-state index contributed by atoms with van der Waals surface area (Å²) in [7, 11) is 0. The van der Waals surface area contributed by atoms with Crippen LogP contribution in [0, 0.1) is 0 Å². The summed E-state index contributed by atoms with van der Waals surface area (Å²) in [6, 6.07) is 0. The van der Waals surface area contributed by atoms with Crippen LogP contribution in [0.3, 0.4) is 0 Å². The van der Waals surface area contributed by atoms with Crippen molar-refractivity contribution < 1.29 is 26.3 Å². The minimum absolute atomic E-state index is 1.74. The summed E-state index contributed by atoms with van der Waals surface area (Å²) in [6.07, 6.45) is 0. The first kappa shape index (κ1) is 12.4. The van der Waals surface area contributed by atoms with Gasteiger partial charge in [-0.15, -0.1) is 0 Å². The molecule has 0 aliphatic rings. The normalized spacial score (nSPS) is 13.6. The third-order valence-electron chi connectivity index (χ3n) is 0.257. The maximum atomic E-state index is 11.3. The molecule has 0 fully saturated rings. The van der Waals surface area contributed by atoms with E-state index in [-0.39, 0.29) is 0 Å². The van der Waals surface area contributed by atoms with Crippen molar-refractivity contribution >= 4 is 40.0 Å². The summed E-state index contributed by atoms with van der Waals surface area (Å²) < 4.78 is 68.0. The molecule has 0 aliphatic carbocycles. The van der Waals surface area contributed by atoms with Gasteiger partial charge in [0.2, 0.25) is 0 Å². The second kappa shape index (κ2) is 4.59. The fraction of sp³-hybridized carbons (Fsp3) is 1.00. The van der Waals surface area contributed by atoms with Crippen LogP contribution < -0.4 is 0 Å². The first-order valence-corrected chi connectivity index (χ1v) is 14.9. The van der Waals surface area contributed by atoms with E-state index in [9.17, 15) is 26.3 Å². The number of halogens is 6. The molecule has 0 saturated heterocycles. The molecular weight excluding hydrogens is 424 g/mol. The van der Waals surface area contributed by atoms with E-state index in [1.54, 1.807) is 0 Å².